The summed E-state index contributed by atoms with van der Waals surface area (Å²) in [5.74, 6) is 0.779. The van der Waals surface area contributed by atoms with Gasteiger partial charge in [0.1, 0.15) is 23.3 Å². The third kappa shape index (κ3) is 1.72. The number of para-hydroxylation sites is 1. The molecule has 0 fully saturated rings. The van der Waals surface area contributed by atoms with E-state index in [0.717, 1.165) is 11.0 Å². The van der Waals surface area contributed by atoms with E-state index in [1.165, 1.54) is 0 Å². The van der Waals surface area contributed by atoms with Crippen LogP contribution in [0, 0.1) is 0 Å². The van der Waals surface area contributed by atoms with E-state index >= 15 is 0 Å². The average molecular weight is 240 g/mol. The van der Waals surface area contributed by atoms with Crippen LogP contribution in [0.2, 0.25) is 0 Å². The fraction of sp³-hybridized carbons (Fsp3) is 0.0714. The molecule has 2 heterocycles. The highest BCUT2D eigenvalue weighted by Crippen LogP contribution is 2.29. The lowest BCUT2D eigenvalue weighted by Crippen LogP contribution is -2.04. The maximum Gasteiger partial charge on any atom is 0.140 e. The number of nitrogens with zero attached hydrogens (tertiary/aromatic N) is 1. The van der Waals surface area contributed by atoms with E-state index in [0.29, 0.717) is 17.1 Å². The monoisotopic (exact) mass is 240 g/mol. The first-order valence-electron chi connectivity index (χ1n) is 5.62. The number of benzene rings is 1. The number of nitrogen functional groups attached to an aromatic ring is 1. The Morgan fingerprint density at radius 1 is 1.17 bits per heavy atom. The first kappa shape index (κ1) is 10.8. The lowest BCUT2D eigenvalue weighted by atomic mass is 10.1. The van der Waals surface area contributed by atoms with Crippen LogP contribution >= 0.6 is 0 Å². The molecule has 0 saturated heterocycles. The van der Waals surface area contributed by atoms with Crippen molar-refractivity contribution in [3.05, 3.63) is 60.0 Å². The van der Waals surface area contributed by atoms with Crippen LogP contribution in [0.4, 0.5) is 5.82 Å². The van der Waals surface area contributed by atoms with Crippen molar-refractivity contribution in [3.8, 4) is 0 Å². The van der Waals surface area contributed by atoms with Crippen molar-refractivity contribution >= 4 is 16.8 Å². The number of aromatic nitrogens is 1. The third-order valence-electron chi connectivity index (χ3n) is 2.88. The van der Waals surface area contributed by atoms with Gasteiger partial charge in [-0.2, -0.15) is 0 Å². The van der Waals surface area contributed by atoms with Gasteiger partial charge in [-0.3, -0.25) is 0 Å². The summed E-state index contributed by atoms with van der Waals surface area (Å²) in [6.45, 7) is 0. The van der Waals surface area contributed by atoms with Gasteiger partial charge >= 0.3 is 0 Å². The van der Waals surface area contributed by atoms with Gasteiger partial charge in [-0.15, -0.1) is 0 Å². The smallest absolute Gasteiger partial charge is 0.140 e. The number of fused-ring (bicyclic) bond motifs is 1. The highest BCUT2D eigenvalue weighted by Gasteiger charge is 2.18. The lowest BCUT2D eigenvalue weighted by molar-refractivity contribution is 0.192. The zero-order chi connectivity index (χ0) is 12.5. The van der Waals surface area contributed by atoms with E-state index in [1.54, 1.807) is 18.3 Å². The molecule has 18 heavy (non-hydrogen) atoms. The summed E-state index contributed by atoms with van der Waals surface area (Å²) in [5, 5.41) is 11.2. The number of hydrogen-bond acceptors (Lipinski definition) is 4. The van der Waals surface area contributed by atoms with Crippen molar-refractivity contribution in [2.75, 3.05) is 5.73 Å². The number of aliphatic hydroxyl groups excluding tert-OH is 1. The topological polar surface area (TPSA) is 72.3 Å². The Kier molecular flexibility index (Phi) is 2.50. The number of furan rings is 1. The number of anilines is 1. The minimum Gasteiger partial charge on any atom is -0.458 e. The van der Waals surface area contributed by atoms with Gasteiger partial charge in [0.15, 0.2) is 0 Å². The van der Waals surface area contributed by atoms with Gasteiger partial charge in [0.05, 0.1) is 0 Å². The van der Waals surface area contributed by atoms with Crippen molar-refractivity contribution in [1.29, 1.82) is 0 Å². The summed E-state index contributed by atoms with van der Waals surface area (Å²) in [7, 11) is 0. The Balaban J connectivity index is 2.07. The largest absolute Gasteiger partial charge is 0.458 e. The van der Waals surface area contributed by atoms with Gasteiger partial charge in [0.2, 0.25) is 0 Å². The van der Waals surface area contributed by atoms with Gasteiger partial charge < -0.3 is 15.3 Å². The summed E-state index contributed by atoms with van der Waals surface area (Å²) < 4.78 is 5.61. The number of nitrogens with two attached hydrogens (primary N) is 1. The molecule has 0 saturated carbocycles. The molecule has 0 aliphatic carbocycles. The maximum atomic E-state index is 10.3. The molecule has 1 unspecified atom stereocenters. The zero-order valence-corrected chi connectivity index (χ0v) is 9.58. The van der Waals surface area contributed by atoms with Crippen LogP contribution in [0.15, 0.2) is 53.1 Å². The van der Waals surface area contributed by atoms with Crippen LogP contribution in [0.5, 0.6) is 0 Å². The van der Waals surface area contributed by atoms with E-state index in [2.05, 4.69) is 4.98 Å². The number of pyridine rings is 1. The number of aliphatic hydroxyl groups is 1. The quantitative estimate of drug-likeness (QED) is 0.721. The summed E-state index contributed by atoms with van der Waals surface area (Å²) >= 11 is 0. The summed E-state index contributed by atoms with van der Waals surface area (Å²) in [4.78, 5) is 3.96. The second kappa shape index (κ2) is 4.16. The van der Waals surface area contributed by atoms with E-state index in [-0.39, 0.29) is 0 Å². The highest BCUT2D eigenvalue weighted by molar-refractivity contribution is 5.78. The van der Waals surface area contributed by atoms with E-state index in [4.69, 9.17) is 10.2 Å². The highest BCUT2D eigenvalue weighted by atomic mass is 16.4. The molecule has 0 radical (unpaired) electrons. The predicted molar refractivity (Wildman–Crippen MR) is 68.9 cm³/mol. The maximum absolute atomic E-state index is 10.3. The second-order valence-electron chi connectivity index (χ2n) is 4.07. The number of hydrogen-bond donors (Lipinski definition) is 2. The molecule has 1 atom stereocenters. The molecule has 0 aliphatic rings. The second-order valence-corrected chi connectivity index (χ2v) is 4.07. The van der Waals surface area contributed by atoms with Crippen LogP contribution in [-0.2, 0) is 0 Å². The zero-order valence-electron chi connectivity index (χ0n) is 9.58. The normalized spacial score (nSPS) is 12.7. The molecule has 0 spiro atoms. The van der Waals surface area contributed by atoms with Gasteiger partial charge in [0, 0.05) is 17.1 Å². The average Bonchev–Trinajstić information content (AvgIpc) is 2.82. The minimum atomic E-state index is -0.897. The standard InChI is InChI=1S/C14H12N2O2/c15-14-10(5-3-7-16-14)13(17)12-8-9-4-1-2-6-11(9)18-12/h1-8,13,17H,(H2,15,16). The summed E-state index contributed by atoms with van der Waals surface area (Å²) in [6.07, 6.45) is 0.690. The first-order valence-corrected chi connectivity index (χ1v) is 5.62. The molecule has 4 heteroatoms. The molecule has 0 aliphatic heterocycles. The molecule has 3 aromatic rings. The van der Waals surface area contributed by atoms with Crippen molar-refractivity contribution in [1.82, 2.24) is 4.98 Å². The molecule has 2 aromatic heterocycles. The van der Waals surface area contributed by atoms with Crippen molar-refractivity contribution in [2.24, 2.45) is 0 Å². The Bertz CT molecular complexity index is 658. The summed E-state index contributed by atoms with van der Waals surface area (Å²) in [6, 6.07) is 12.9. The first-order chi connectivity index (χ1) is 8.75. The fourth-order valence-corrected chi connectivity index (χ4v) is 1.95. The third-order valence-corrected chi connectivity index (χ3v) is 2.88. The molecule has 3 N–H and O–H groups in total. The Hall–Kier alpha value is -2.33. The molecule has 0 bridgehead atoms. The van der Waals surface area contributed by atoms with Crippen LogP contribution in [0.25, 0.3) is 11.0 Å². The molecule has 90 valence electrons. The molecule has 3 rings (SSSR count). The van der Waals surface area contributed by atoms with E-state index in [1.807, 2.05) is 30.3 Å². The molecule has 4 nitrogen and oxygen atoms in total. The Morgan fingerprint density at radius 3 is 2.78 bits per heavy atom. The van der Waals surface area contributed by atoms with Crippen molar-refractivity contribution in [3.63, 3.8) is 0 Å². The summed E-state index contributed by atoms with van der Waals surface area (Å²) in [5.41, 5.74) is 7.04. The fourth-order valence-electron chi connectivity index (χ4n) is 1.95. The van der Waals surface area contributed by atoms with Gasteiger partial charge in [-0.1, -0.05) is 24.3 Å². The van der Waals surface area contributed by atoms with Crippen LogP contribution in [-0.4, -0.2) is 10.1 Å². The van der Waals surface area contributed by atoms with Crippen LogP contribution < -0.4 is 5.73 Å². The molecular weight excluding hydrogens is 228 g/mol. The minimum absolute atomic E-state index is 0.311. The molecule has 0 amide bonds. The van der Waals surface area contributed by atoms with Gasteiger partial charge in [-0.25, -0.2) is 4.98 Å². The van der Waals surface area contributed by atoms with E-state index < -0.39 is 6.10 Å². The van der Waals surface area contributed by atoms with Gasteiger partial charge in [0.25, 0.3) is 0 Å². The number of rotatable bonds is 2. The van der Waals surface area contributed by atoms with Crippen molar-refractivity contribution < 1.29 is 9.52 Å². The SMILES string of the molecule is Nc1ncccc1C(O)c1cc2ccccc2o1. The van der Waals surface area contributed by atoms with Crippen LogP contribution in [0.3, 0.4) is 0 Å². The predicted octanol–water partition coefficient (Wildman–Crippen LogP) is 2.49. The Labute approximate surface area is 104 Å². The molecule has 1 aromatic carbocycles. The van der Waals surface area contributed by atoms with Crippen molar-refractivity contribution in [2.45, 2.75) is 6.10 Å². The lowest BCUT2D eigenvalue weighted by Gasteiger charge is -2.09. The van der Waals surface area contributed by atoms with E-state index in [9.17, 15) is 5.11 Å². The van der Waals surface area contributed by atoms with Crippen LogP contribution in [0.1, 0.15) is 17.4 Å². The molecular formula is C14H12N2O2. The Morgan fingerprint density at radius 2 is 2.00 bits per heavy atom. The van der Waals surface area contributed by atoms with Gasteiger partial charge in [-0.05, 0) is 18.2 Å².